The predicted octanol–water partition coefficient (Wildman–Crippen LogP) is 4.20. The third-order valence-electron chi connectivity index (χ3n) is 5.87. The second-order valence-electron chi connectivity index (χ2n) is 10.7. The van der Waals surface area contributed by atoms with E-state index in [0.29, 0.717) is 0 Å². The molecular formula is C26H56ClN2+. The van der Waals surface area contributed by atoms with Gasteiger partial charge in [0.05, 0.1) is 54.9 Å². The fourth-order valence-electron chi connectivity index (χ4n) is 3.87. The van der Waals surface area contributed by atoms with Gasteiger partial charge in [-0.1, -0.05) is 70.4 Å². The Morgan fingerprint density at radius 1 is 0.483 bits per heavy atom. The molecule has 0 saturated heterocycles. The Labute approximate surface area is 191 Å². The highest BCUT2D eigenvalue weighted by Gasteiger charge is 2.16. The van der Waals surface area contributed by atoms with E-state index in [2.05, 4.69) is 54.3 Å². The van der Waals surface area contributed by atoms with Gasteiger partial charge in [0, 0.05) is 6.42 Å². The van der Waals surface area contributed by atoms with Crippen LogP contribution in [0.2, 0.25) is 0 Å². The molecule has 0 saturated carbocycles. The molecule has 0 N–H and O–H groups in total. The molecule has 0 radical (unpaired) electrons. The zero-order valence-corrected chi connectivity index (χ0v) is 21.9. The van der Waals surface area contributed by atoms with Gasteiger partial charge >= 0.3 is 0 Å². The van der Waals surface area contributed by atoms with Gasteiger partial charge in [-0.3, -0.25) is 0 Å². The summed E-state index contributed by atoms with van der Waals surface area (Å²) in [6.45, 7) is 6.24. The van der Waals surface area contributed by atoms with Crippen LogP contribution in [0.5, 0.6) is 0 Å². The monoisotopic (exact) mass is 431 g/mol. The van der Waals surface area contributed by atoms with Gasteiger partial charge in [-0.15, -0.1) is 0 Å². The molecule has 0 rings (SSSR count). The van der Waals surface area contributed by atoms with Gasteiger partial charge < -0.3 is 21.4 Å². The third kappa shape index (κ3) is 25.9. The van der Waals surface area contributed by atoms with Crippen molar-refractivity contribution in [1.82, 2.24) is 0 Å². The molecule has 0 atom stereocenters. The van der Waals surface area contributed by atoms with E-state index in [1.165, 1.54) is 120 Å². The molecule has 0 bridgehead atoms. The Kier molecular flexibility index (Phi) is 21.4. The lowest BCUT2D eigenvalue weighted by Crippen LogP contribution is -3.00. The van der Waals surface area contributed by atoms with Crippen LogP contribution in [0.3, 0.4) is 0 Å². The number of halogens is 1. The summed E-state index contributed by atoms with van der Waals surface area (Å²) in [5.41, 5.74) is 0. The van der Waals surface area contributed by atoms with E-state index in [1.807, 2.05) is 0 Å². The lowest BCUT2D eigenvalue weighted by Gasteiger charge is -2.31. The van der Waals surface area contributed by atoms with E-state index in [-0.39, 0.29) is 12.4 Å². The minimum absolute atomic E-state index is 0. The van der Waals surface area contributed by atoms with E-state index in [0.717, 1.165) is 4.48 Å². The number of hydrogen-bond donors (Lipinski definition) is 0. The van der Waals surface area contributed by atoms with Gasteiger partial charge in [0.25, 0.3) is 0 Å². The maximum absolute atomic E-state index is 2.43. The molecule has 0 aromatic rings. The summed E-state index contributed by atoms with van der Waals surface area (Å²) in [6.07, 6.45) is 25.8. The van der Waals surface area contributed by atoms with Gasteiger partial charge in [-0.05, 0) is 38.5 Å². The van der Waals surface area contributed by atoms with E-state index in [9.17, 15) is 0 Å². The van der Waals surface area contributed by atoms with E-state index < -0.39 is 0 Å². The van der Waals surface area contributed by atoms with Gasteiger partial charge in [-0.25, -0.2) is 0 Å². The molecular weight excluding hydrogens is 376 g/mol. The molecule has 29 heavy (non-hydrogen) atoms. The highest BCUT2D eigenvalue weighted by molar-refractivity contribution is 4.81. The molecule has 0 aliphatic heterocycles. The summed E-state index contributed by atoms with van der Waals surface area (Å²) in [7, 11) is 11.7. The van der Waals surface area contributed by atoms with Crippen molar-refractivity contribution in [2.75, 3.05) is 54.9 Å². The summed E-state index contributed by atoms with van der Waals surface area (Å²) in [5, 5.41) is 0. The van der Waals surface area contributed by atoms with Crippen molar-refractivity contribution in [3.63, 3.8) is 0 Å². The number of unbranched alkanes of at least 4 members (excludes halogenated alkanes) is 12. The van der Waals surface area contributed by atoms with Crippen molar-refractivity contribution in [1.29, 1.82) is 0 Å². The summed E-state index contributed by atoms with van der Waals surface area (Å²) in [4.78, 5) is 0. The molecule has 3 heteroatoms. The van der Waals surface area contributed by atoms with Crippen molar-refractivity contribution in [2.45, 2.75) is 103 Å². The zero-order valence-electron chi connectivity index (χ0n) is 21.2. The standard InChI is InChI=1S/C26H56N2.ClH/c1-7-8-9-10-11-12-13-14-15-16-17-18-19-20-21-22-25-28(5,6)26-23-24-27(2,3)4;/h14-15H,7-13,16-26H2,1-6H3;1H/q+2;/p-1. The first-order chi connectivity index (χ1) is 13.3. The second kappa shape index (κ2) is 19.9. The minimum atomic E-state index is 0. The van der Waals surface area contributed by atoms with Crippen molar-refractivity contribution in [2.24, 2.45) is 0 Å². The average molecular weight is 432 g/mol. The molecule has 0 aliphatic carbocycles. The molecule has 0 heterocycles. The smallest absolute Gasteiger partial charge is 0.0836 e. The predicted molar refractivity (Wildman–Crippen MR) is 129 cm³/mol. The first kappa shape index (κ1) is 31.1. The van der Waals surface area contributed by atoms with Gasteiger partial charge in [0.1, 0.15) is 0 Å². The Balaban J connectivity index is 0. The van der Waals surface area contributed by atoms with Crippen LogP contribution >= 0.6 is 0 Å². The Morgan fingerprint density at radius 2 is 0.897 bits per heavy atom. The Hall–Kier alpha value is -0.0500. The molecule has 0 aliphatic rings. The molecule has 176 valence electrons. The number of rotatable bonds is 20. The first-order valence-electron chi connectivity index (χ1n) is 12.5. The average Bonchev–Trinajstić information content (AvgIpc) is 2.60. The SMILES string of the molecule is CCCCCCCCC=CCCCCCCCC[N+](C)(C)CCC[N+](C)(C)C.[Cl-]. The van der Waals surface area contributed by atoms with Crippen molar-refractivity contribution in [3.8, 4) is 0 Å². The summed E-state index contributed by atoms with van der Waals surface area (Å²) in [6, 6.07) is 0. The Bertz CT molecular complexity index is 358. The van der Waals surface area contributed by atoms with Crippen LogP contribution in [0.4, 0.5) is 0 Å². The van der Waals surface area contributed by atoms with Crippen LogP contribution in [0.1, 0.15) is 103 Å². The Morgan fingerprint density at radius 3 is 1.38 bits per heavy atom. The van der Waals surface area contributed by atoms with Gasteiger partial charge in [0.2, 0.25) is 0 Å². The molecule has 0 fully saturated rings. The fraction of sp³-hybridized carbons (Fsp3) is 0.923. The number of allylic oxidation sites excluding steroid dienone is 2. The second-order valence-corrected chi connectivity index (χ2v) is 10.7. The van der Waals surface area contributed by atoms with Crippen molar-refractivity contribution >= 4 is 0 Å². The van der Waals surface area contributed by atoms with Crippen LogP contribution in [0, 0.1) is 0 Å². The molecule has 0 aromatic heterocycles. The molecule has 0 aromatic carbocycles. The lowest BCUT2D eigenvalue weighted by molar-refractivity contribution is -0.902. The van der Waals surface area contributed by atoms with Crippen molar-refractivity contribution < 1.29 is 21.4 Å². The first-order valence-corrected chi connectivity index (χ1v) is 12.5. The van der Waals surface area contributed by atoms with E-state index in [1.54, 1.807) is 0 Å². The third-order valence-corrected chi connectivity index (χ3v) is 5.87. The van der Waals surface area contributed by atoms with E-state index in [4.69, 9.17) is 0 Å². The number of quaternary nitrogens is 2. The van der Waals surface area contributed by atoms with Crippen LogP contribution in [-0.4, -0.2) is 63.8 Å². The van der Waals surface area contributed by atoms with Crippen LogP contribution in [0.15, 0.2) is 12.2 Å². The molecule has 2 nitrogen and oxygen atoms in total. The van der Waals surface area contributed by atoms with E-state index >= 15 is 0 Å². The molecule has 0 amide bonds. The summed E-state index contributed by atoms with van der Waals surface area (Å²) < 4.78 is 2.29. The fourth-order valence-corrected chi connectivity index (χ4v) is 3.87. The van der Waals surface area contributed by atoms with Crippen molar-refractivity contribution in [3.05, 3.63) is 12.2 Å². The largest absolute Gasteiger partial charge is 1.00 e. The zero-order chi connectivity index (χ0) is 21.1. The highest BCUT2D eigenvalue weighted by atomic mass is 35.5. The lowest BCUT2D eigenvalue weighted by atomic mass is 10.1. The minimum Gasteiger partial charge on any atom is -1.00 e. The van der Waals surface area contributed by atoms with Gasteiger partial charge in [-0.2, -0.15) is 0 Å². The molecule has 0 unspecified atom stereocenters. The van der Waals surface area contributed by atoms with Crippen LogP contribution in [0.25, 0.3) is 0 Å². The van der Waals surface area contributed by atoms with Crippen LogP contribution in [-0.2, 0) is 0 Å². The van der Waals surface area contributed by atoms with Gasteiger partial charge in [0.15, 0.2) is 0 Å². The maximum Gasteiger partial charge on any atom is 0.0836 e. The topological polar surface area (TPSA) is 0 Å². The quantitative estimate of drug-likeness (QED) is 0.154. The number of hydrogen-bond acceptors (Lipinski definition) is 0. The summed E-state index contributed by atoms with van der Waals surface area (Å²) >= 11 is 0. The number of nitrogens with zero attached hydrogens (tertiary/aromatic N) is 2. The maximum atomic E-state index is 2.43. The highest BCUT2D eigenvalue weighted by Crippen LogP contribution is 2.11. The normalized spacial score (nSPS) is 12.5. The van der Waals surface area contributed by atoms with Crippen LogP contribution < -0.4 is 12.4 Å². The molecule has 0 spiro atoms. The summed E-state index contributed by atoms with van der Waals surface area (Å²) in [5.74, 6) is 0.